The predicted molar refractivity (Wildman–Crippen MR) is 69.9 cm³/mol. The van der Waals surface area contributed by atoms with Crippen LogP contribution >= 0.6 is 0 Å². The van der Waals surface area contributed by atoms with Crippen LogP contribution in [0.2, 0.25) is 0 Å². The van der Waals surface area contributed by atoms with E-state index in [4.69, 9.17) is 10.2 Å². The van der Waals surface area contributed by atoms with Crippen LogP contribution in [0.15, 0.2) is 16.5 Å². The third-order valence-electron chi connectivity index (χ3n) is 3.38. The van der Waals surface area contributed by atoms with Gasteiger partial charge in [0, 0.05) is 0 Å². The minimum Gasteiger partial charge on any atom is -0.439 e. The van der Waals surface area contributed by atoms with Crippen molar-refractivity contribution in [1.82, 2.24) is 4.98 Å². The Morgan fingerprint density at radius 2 is 2.06 bits per heavy atom. The Balaban J connectivity index is 2.48. The van der Waals surface area contributed by atoms with Crippen molar-refractivity contribution in [2.75, 3.05) is 0 Å². The summed E-state index contributed by atoms with van der Waals surface area (Å²) in [4.78, 5) is 4.51. The molecule has 0 aliphatic heterocycles. The zero-order chi connectivity index (χ0) is 12.6. The number of rotatable bonds is 3. The first-order chi connectivity index (χ1) is 8.02. The van der Waals surface area contributed by atoms with Gasteiger partial charge >= 0.3 is 0 Å². The largest absolute Gasteiger partial charge is 0.439 e. The minimum atomic E-state index is -0.118. The molecule has 2 unspecified atom stereocenters. The summed E-state index contributed by atoms with van der Waals surface area (Å²) < 4.78 is 5.80. The Bertz CT molecular complexity index is 530. The molecule has 0 saturated carbocycles. The van der Waals surface area contributed by atoms with Gasteiger partial charge in [0.2, 0.25) is 5.89 Å². The van der Waals surface area contributed by atoms with Crippen LogP contribution < -0.4 is 5.73 Å². The number of aromatic nitrogens is 1. The molecular formula is C14H20N2O. The molecular weight excluding hydrogens is 212 g/mol. The monoisotopic (exact) mass is 232 g/mol. The van der Waals surface area contributed by atoms with E-state index in [0.29, 0.717) is 11.8 Å². The number of oxazole rings is 1. The summed E-state index contributed by atoms with van der Waals surface area (Å²) in [5.74, 6) is 1.03. The molecule has 0 fully saturated rings. The fourth-order valence-electron chi connectivity index (χ4n) is 2.03. The van der Waals surface area contributed by atoms with Crippen LogP contribution in [-0.4, -0.2) is 4.98 Å². The van der Waals surface area contributed by atoms with Crippen molar-refractivity contribution < 1.29 is 4.42 Å². The molecule has 2 atom stereocenters. The van der Waals surface area contributed by atoms with Crippen molar-refractivity contribution in [2.45, 2.75) is 40.2 Å². The molecule has 0 saturated heterocycles. The molecule has 2 aromatic rings. The van der Waals surface area contributed by atoms with Crippen LogP contribution in [-0.2, 0) is 0 Å². The summed E-state index contributed by atoms with van der Waals surface area (Å²) in [5.41, 5.74) is 10.2. The molecule has 0 spiro atoms. The molecule has 0 bridgehead atoms. The molecule has 0 aliphatic rings. The van der Waals surface area contributed by atoms with E-state index < -0.39 is 0 Å². The number of aryl methyl sites for hydroxylation is 2. The van der Waals surface area contributed by atoms with Crippen LogP contribution in [0, 0.1) is 19.8 Å². The molecule has 2 N–H and O–H groups in total. The number of fused-ring (bicyclic) bond motifs is 1. The smallest absolute Gasteiger partial charge is 0.212 e. The van der Waals surface area contributed by atoms with Crippen LogP contribution in [0.25, 0.3) is 11.1 Å². The summed E-state index contributed by atoms with van der Waals surface area (Å²) in [6, 6.07) is 4.03. The highest BCUT2D eigenvalue weighted by Gasteiger charge is 2.19. The third-order valence-corrected chi connectivity index (χ3v) is 3.38. The van der Waals surface area contributed by atoms with E-state index >= 15 is 0 Å². The lowest BCUT2D eigenvalue weighted by Crippen LogP contribution is -2.18. The van der Waals surface area contributed by atoms with Gasteiger partial charge in [-0.05, 0) is 37.0 Å². The second-order valence-corrected chi connectivity index (χ2v) is 4.89. The van der Waals surface area contributed by atoms with Gasteiger partial charge in [-0.25, -0.2) is 4.98 Å². The lowest BCUT2D eigenvalue weighted by molar-refractivity contribution is 0.375. The van der Waals surface area contributed by atoms with Gasteiger partial charge in [-0.15, -0.1) is 0 Å². The molecule has 17 heavy (non-hydrogen) atoms. The van der Waals surface area contributed by atoms with Crippen LogP contribution in [0.5, 0.6) is 0 Å². The summed E-state index contributed by atoms with van der Waals surface area (Å²) in [5, 5.41) is 0. The Morgan fingerprint density at radius 1 is 1.35 bits per heavy atom. The zero-order valence-corrected chi connectivity index (χ0v) is 10.9. The van der Waals surface area contributed by atoms with E-state index in [0.717, 1.165) is 23.1 Å². The first-order valence-electron chi connectivity index (χ1n) is 6.16. The SMILES string of the molecule is CCC(C)C(N)c1nc2cc(C)cc(C)c2o1. The standard InChI is InChI=1S/C14H20N2O/c1-5-9(3)12(15)14-16-11-7-8(2)6-10(4)13(11)17-14/h6-7,9,12H,5,15H2,1-4H3. The van der Waals surface area contributed by atoms with Crippen molar-refractivity contribution in [3.05, 3.63) is 29.2 Å². The first kappa shape index (κ1) is 12.1. The lowest BCUT2D eigenvalue weighted by Gasteiger charge is -2.13. The Labute approximate surface area is 102 Å². The van der Waals surface area contributed by atoms with E-state index in [2.05, 4.69) is 31.8 Å². The highest BCUT2D eigenvalue weighted by Crippen LogP contribution is 2.27. The Hall–Kier alpha value is -1.35. The fourth-order valence-corrected chi connectivity index (χ4v) is 2.03. The quantitative estimate of drug-likeness (QED) is 0.881. The number of hydrogen-bond donors (Lipinski definition) is 1. The van der Waals surface area contributed by atoms with Crippen molar-refractivity contribution in [2.24, 2.45) is 11.7 Å². The van der Waals surface area contributed by atoms with E-state index in [1.54, 1.807) is 0 Å². The molecule has 1 heterocycles. The summed E-state index contributed by atoms with van der Waals surface area (Å²) in [6.45, 7) is 8.36. The van der Waals surface area contributed by atoms with Crippen molar-refractivity contribution in [1.29, 1.82) is 0 Å². The molecule has 3 heteroatoms. The van der Waals surface area contributed by atoms with Crippen molar-refractivity contribution in [3.8, 4) is 0 Å². The molecule has 1 aromatic heterocycles. The average molecular weight is 232 g/mol. The predicted octanol–water partition coefficient (Wildman–Crippen LogP) is 3.49. The topological polar surface area (TPSA) is 52.0 Å². The number of benzene rings is 1. The van der Waals surface area contributed by atoms with Gasteiger partial charge in [0.05, 0.1) is 6.04 Å². The third kappa shape index (κ3) is 2.20. The molecule has 0 radical (unpaired) electrons. The van der Waals surface area contributed by atoms with Crippen LogP contribution in [0.3, 0.4) is 0 Å². The lowest BCUT2D eigenvalue weighted by atomic mass is 10.0. The number of hydrogen-bond acceptors (Lipinski definition) is 3. The first-order valence-corrected chi connectivity index (χ1v) is 6.16. The highest BCUT2D eigenvalue weighted by atomic mass is 16.3. The van der Waals surface area contributed by atoms with Gasteiger partial charge in [-0.2, -0.15) is 0 Å². The molecule has 1 aromatic carbocycles. The molecule has 92 valence electrons. The van der Waals surface area contributed by atoms with Gasteiger partial charge < -0.3 is 10.2 Å². The van der Waals surface area contributed by atoms with Crippen molar-refractivity contribution >= 4 is 11.1 Å². The summed E-state index contributed by atoms with van der Waals surface area (Å²) >= 11 is 0. The minimum absolute atomic E-state index is 0.118. The highest BCUT2D eigenvalue weighted by molar-refractivity contribution is 5.77. The van der Waals surface area contributed by atoms with Gasteiger partial charge in [-0.3, -0.25) is 0 Å². The maximum atomic E-state index is 6.14. The molecule has 2 rings (SSSR count). The molecule has 0 aliphatic carbocycles. The second kappa shape index (κ2) is 4.49. The Kier molecular flexibility index (Phi) is 3.20. The Morgan fingerprint density at radius 3 is 2.71 bits per heavy atom. The average Bonchev–Trinajstić information content (AvgIpc) is 2.70. The zero-order valence-electron chi connectivity index (χ0n) is 10.9. The molecule has 0 amide bonds. The fraction of sp³-hybridized carbons (Fsp3) is 0.500. The number of nitrogens with two attached hydrogens (primary N) is 1. The number of nitrogens with zero attached hydrogens (tertiary/aromatic N) is 1. The van der Waals surface area contributed by atoms with Crippen molar-refractivity contribution in [3.63, 3.8) is 0 Å². The summed E-state index contributed by atoms with van der Waals surface area (Å²) in [7, 11) is 0. The summed E-state index contributed by atoms with van der Waals surface area (Å²) in [6.07, 6.45) is 1.03. The normalized spacial score (nSPS) is 15.1. The van der Waals surface area contributed by atoms with Crippen LogP contribution in [0.1, 0.15) is 43.3 Å². The van der Waals surface area contributed by atoms with Gasteiger partial charge in [-0.1, -0.05) is 26.3 Å². The van der Waals surface area contributed by atoms with Gasteiger partial charge in [0.15, 0.2) is 5.58 Å². The second-order valence-electron chi connectivity index (χ2n) is 4.89. The van der Waals surface area contributed by atoms with Crippen LogP contribution in [0.4, 0.5) is 0 Å². The van der Waals surface area contributed by atoms with E-state index in [-0.39, 0.29) is 6.04 Å². The van der Waals surface area contributed by atoms with E-state index in [1.807, 2.05) is 13.0 Å². The van der Waals surface area contributed by atoms with Gasteiger partial charge in [0.1, 0.15) is 5.52 Å². The van der Waals surface area contributed by atoms with E-state index in [9.17, 15) is 0 Å². The van der Waals surface area contributed by atoms with E-state index in [1.165, 1.54) is 5.56 Å². The molecule has 3 nitrogen and oxygen atoms in total. The van der Waals surface area contributed by atoms with Gasteiger partial charge in [0.25, 0.3) is 0 Å². The maximum Gasteiger partial charge on any atom is 0.212 e. The maximum absolute atomic E-state index is 6.14.